The van der Waals surface area contributed by atoms with Crippen LogP contribution in [0.15, 0.2) is 0 Å². The van der Waals surface area contributed by atoms with Gasteiger partial charge in [0, 0.05) is 25.5 Å². The molecule has 1 aliphatic carbocycles. The fourth-order valence-corrected chi connectivity index (χ4v) is 2.77. The van der Waals surface area contributed by atoms with E-state index < -0.39 is 0 Å². The molecule has 1 rings (SSSR count). The van der Waals surface area contributed by atoms with E-state index in [0.717, 1.165) is 25.1 Å². The third-order valence-electron chi connectivity index (χ3n) is 2.59. The monoisotopic (exact) mass is 217 g/mol. The van der Waals surface area contributed by atoms with Crippen LogP contribution in [0.25, 0.3) is 0 Å². The van der Waals surface area contributed by atoms with Crippen LogP contribution in [0.4, 0.5) is 0 Å². The van der Waals surface area contributed by atoms with Gasteiger partial charge in [0.15, 0.2) is 0 Å². The first kappa shape index (κ1) is 12.3. The maximum absolute atomic E-state index is 5.03. The summed E-state index contributed by atoms with van der Waals surface area (Å²) in [5.41, 5.74) is 0. The molecule has 2 nitrogen and oxygen atoms in total. The summed E-state index contributed by atoms with van der Waals surface area (Å²) in [6, 6.07) is 0.771. The first-order valence-corrected chi connectivity index (χ1v) is 6.84. The van der Waals surface area contributed by atoms with Crippen LogP contribution in [0.2, 0.25) is 0 Å². The highest BCUT2D eigenvalue weighted by molar-refractivity contribution is 7.99. The number of thioether (sulfide) groups is 1. The van der Waals surface area contributed by atoms with Crippen molar-refractivity contribution in [2.45, 2.75) is 32.2 Å². The van der Waals surface area contributed by atoms with Crippen molar-refractivity contribution in [1.29, 1.82) is 0 Å². The van der Waals surface area contributed by atoms with Crippen molar-refractivity contribution in [1.82, 2.24) is 5.32 Å². The normalized spacial score (nSPS) is 18.4. The Morgan fingerprint density at radius 2 is 2.29 bits per heavy atom. The molecule has 0 aliphatic heterocycles. The van der Waals surface area contributed by atoms with Gasteiger partial charge in [-0.15, -0.1) is 0 Å². The molecule has 0 aromatic carbocycles. The molecular formula is C11H23NOS. The van der Waals surface area contributed by atoms with Crippen molar-refractivity contribution in [2.24, 2.45) is 5.92 Å². The van der Waals surface area contributed by atoms with Crippen LogP contribution in [0, 0.1) is 5.92 Å². The molecule has 0 saturated heterocycles. The summed E-state index contributed by atoms with van der Waals surface area (Å²) in [6.45, 7) is 4.22. The number of ether oxygens (including phenoxy) is 1. The molecule has 0 aromatic rings. The smallest absolute Gasteiger partial charge is 0.0470 e. The van der Waals surface area contributed by atoms with Crippen molar-refractivity contribution in [3.8, 4) is 0 Å². The molecule has 0 heterocycles. The van der Waals surface area contributed by atoms with E-state index in [0.29, 0.717) is 0 Å². The van der Waals surface area contributed by atoms with Crippen molar-refractivity contribution < 1.29 is 4.74 Å². The molecule has 0 radical (unpaired) electrons. The number of hydrogen-bond donors (Lipinski definition) is 1. The molecule has 1 aliphatic rings. The molecule has 1 unspecified atom stereocenters. The van der Waals surface area contributed by atoms with E-state index in [4.69, 9.17) is 4.74 Å². The summed E-state index contributed by atoms with van der Waals surface area (Å²) < 4.78 is 5.03. The SMILES string of the molecule is CCNC(CSCCCOC)C1CC1. The van der Waals surface area contributed by atoms with E-state index in [9.17, 15) is 0 Å². The number of methoxy groups -OCH3 is 1. The zero-order valence-corrected chi connectivity index (χ0v) is 10.2. The van der Waals surface area contributed by atoms with E-state index in [1.807, 2.05) is 0 Å². The number of rotatable bonds is 9. The fraction of sp³-hybridized carbons (Fsp3) is 1.00. The maximum atomic E-state index is 5.03. The lowest BCUT2D eigenvalue weighted by Crippen LogP contribution is -2.33. The topological polar surface area (TPSA) is 21.3 Å². The van der Waals surface area contributed by atoms with Gasteiger partial charge in [-0.2, -0.15) is 11.8 Å². The summed E-state index contributed by atoms with van der Waals surface area (Å²) >= 11 is 2.07. The Morgan fingerprint density at radius 3 is 2.86 bits per heavy atom. The van der Waals surface area contributed by atoms with E-state index >= 15 is 0 Å². The van der Waals surface area contributed by atoms with Crippen LogP contribution in [-0.4, -0.2) is 37.8 Å². The highest BCUT2D eigenvalue weighted by atomic mass is 32.2. The second-order valence-electron chi connectivity index (χ2n) is 3.92. The first-order chi connectivity index (χ1) is 6.88. The Hall–Kier alpha value is 0.270. The Balaban J connectivity index is 1.96. The second kappa shape index (κ2) is 7.55. The summed E-state index contributed by atoms with van der Waals surface area (Å²) in [5, 5.41) is 3.58. The van der Waals surface area contributed by atoms with Crippen LogP contribution in [0.5, 0.6) is 0 Å². The van der Waals surface area contributed by atoms with Crippen molar-refractivity contribution in [2.75, 3.05) is 31.8 Å². The maximum Gasteiger partial charge on any atom is 0.0470 e. The van der Waals surface area contributed by atoms with Gasteiger partial charge in [-0.05, 0) is 37.5 Å². The van der Waals surface area contributed by atoms with E-state index in [1.165, 1.54) is 30.8 Å². The van der Waals surface area contributed by atoms with Gasteiger partial charge in [0.1, 0.15) is 0 Å². The lowest BCUT2D eigenvalue weighted by atomic mass is 10.2. The molecular weight excluding hydrogens is 194 g/mol. The lowest BCUT2D eigenvalue weighted by molar-refractivity contribution is 0.200. The van der Waals surface area contributed by atoms with Crippen LogP contribution < -0.4 is 5.32 Å². The Bertz CT molecular complexity index is 139. The first-order valence-electron chi connectivity index (χ1n) is 5.68. The predicted molar refractivity (Wildman–Crippen MR) is 64.0 cm³/mol. The molecule has 14 heavy (non-hydrogen) atoms. The van der Waals surface area contributed by atoms with Crippen molar-refractivity contribution in [3.63, 3.8) is 0 Å². The Morgan fingerprint density at radius 1 is 1.50 bits per heavy atom. The number of hydrogen-bond acceptors (Lipinski definition) is 3. The van der Waals surface area contributed by atoms with E-state index in [1.54, 1.807) is 7.11 Å². The van der Waals surface area contributed by atoms with Gasteiger partial charge in [-0.3, -0.25) is 0 Å². The van der Waals surface area contributed by atoms with Gasteiger partial charge in [-0.1, -0.05) is 6.92 Å². The molecule has 0 aromatic heterocycles. The largest absolute Gasteiger partial charge is 0.385 e. The molecule has 1 saturated carbocycles. The van der Waals surface area contributed by atoms with Gasteiger partial charge >= 0.3 is 0 Å². The van der Waals surface area contributed by atoms with Gasteiger partial charge in [-0.25, -0.2) is 0 Å². The van der Waals surface area contributed by atoms with Crippen LogP contribution >= 0.6 is 11.8 Å². The van der Waals surface area contributed by atoms with Crippen LogP contribution in [0.3, 0.4) is 0 Å². The van der Waals surface area contributed by atoms with Crippen LogP contribution in [0.1, 0.15) is 26.2 Å². The van der Waals surface area contributed by atoms with Crippen molar-refractivity contribution >= 4 is 11.8 Å². The van der Waals surface area contributed by atoms with E-state index in [-0.39, 0.29) is 0 Å². The molecule has 1 fully saturated rings. The summed E-state index contributed by atoms with van der Waals surface area (Å²) in [5.74, 6) is 3.50. The Kier molecular flexibility index (Phi) is 6.65. The van der Waals surface area contributed by atoms with E-state index in [2.05, 4.69) is 24.0 Å². The van der Waals surface area contributed by atoms with Crippen LogP contribution in [-0.2, 0) is 4.74 Å². The molecule has 3 heteroatoms. The zero-order chi connectivity index (χ0) is 10.2. The highest BCUT2D eigenvalue weighted by Crippen LogP contribution is 2.33. The minimum absolute atomic E-state index is 0.771. The second-order valence-corrected chi connectivity index (χ2v) is 5.07. The average molecular weight is 217 g/mol. The predicted octanol–water partition coefficient (Wildman–Crippen LogP) is 2.14. The fourth-order valence-electron chi connectivity index (χ4n) is 1.64. The quantitative estimate of drug-likeness (QED) is 0.598. The standard InChI is InChI=1S/C11H23NOS/c1-3-12-11(10-5-6-10)9-14-8-4-7-13-2/h10-12H,3-9H2,1-2H3. The third kappa shape index (κ3) is 5.23. The minimum atomic E-state index is 0.771. The summed E-state index contributed by atoms with van der Waals surface area (Å²) in [6.07, 6.45) is 4.07. The van der Waals surface area contributed by atoms with Gasteiger partial charge < -0.3 is 10.1 Å². The number of nitrogens with one attached hydrogen (secondary N) is 1. The molecule has 0 bridgehead atoms. The average Bonchev–Trinajstić information content (AvgIpc) is 2.99. The summed E-state index contributed by atoms with van der Waals surface area (Å²) in [4.78, 5) is 0. The molecule has 0 spiro atoms. The minimum Gasteiger partial charge on any atom is -0.385 e. The third-order valence-corrected chi connectivity index (χ3v) is 3.76. The highest BCUT2D eigenvalue weighted by Gasteiger charge is 2.29. The summed E-state index contributed by atoms with van der Waals surface area (Å²) in [7, 11) is 1.77. The van der Waals surface area contributed by atoms with Gasteiger partial charge in [0.05, 0.1) is 0 Å². The zero-order valence-electron chi connectivity index (χ0n) is 9.42. The molecule has 0 amide bonds. The lowest BCUT2D eigenvalue weighted by Gasteiger charge is -2.16. The van der Waals surface area contributed by atoms with Crippen molar-refractivity contribution in [3.05, 3.63) is 0 Å². The molecule has 84 valence electrons. The Labute approximate surface area is 92.2 Å². The molecule has 1 atom stereocenters. The van der Waals surface area contributed by atoms with Gasteiger partial charge in [0.2, 0.25) is 0 Å². The molecule has 1 N–H and O–H groups in total. The van der Waals surface area contributed by atoms with Gasteiger partial charge in [0.25, 0.3) is 0 Å².